The van der Waals surface area contributed by atoms with Crippen molar-refractivity contribution in [2.24, 2.45) is 11.8 Å². The minimum absolute atomic E-state index is 0.00158. The summed E-state index contributed by atoms with van der Waals surface area (Å²) in [5, 5.41) is 5.87. The monoisotopic (exact) mass is 361 g/mol. The number of nitrogens with one attached hydrogen (secondary N) is 2. The molecule has 1 saturated heterocycles. The predicted molar refractivity (Wildman–Crippen MR) is 105 cm³/mol. The standard InChI is InChI=1S/C20H31N3O3/c1-13(2)19(24)21-17-7-6-16(26-5)12-18(17)22-20(25)15-8-10-23(11-9-15)14(3)4/h6-7,12-15H,8-11H2,1-5H3,(H,21,24)(H,22,25). The first-order chi connectivity index (χ1) is 12.3. The maximum absolute atomic E-state index is 12.7. The normalized spacial score (nSPS) is 16.0. The number of nitrogens with zero attached hydrogens (tertiary/aromatic N) is 1. The highest BCUT2D eigenvalue weighted by atomic mass is 16.5. The van der Waals surface area contributed by atoms with E-state index in [1.165, 1.54) is 0 Å². The van der Waals surface area contributed by atoms with Crippen LogP contribution in [0.15, 0.2) is 18.2 Å². The number of anilines is 2. The number of amides is 2. The van der Waals surface area contributed by atoms with Crippen molar-refractivity contribution in [3.63, 3.8) is 0 Å². The summed E-state index contributed by atoms with van der Waals surface area (Å²) in [6.07, 6.45) is 1.70. The number of ether oxygens (including phenoxy) is 1. The van der Waals surface area contributed by atoms with Gasteiger partial charge in [-0.1, -0.05) is 13.8 Å². The first kappa shape index (κ1) is 20.2. The molecule has 2 amide bonds. The molecular formula is C20H31N3O3. The highest BCUT2D eigenvalue weighted by Gasteiger charge is 2.26. The molecule has 0 aromatic heterocycles. The molecule has 0 radical (unpaired) electrons. The Kier molecular flexibility index (Phi) is 7.03. The Bertz CT molecular complexity index is 635. The lowest BCUT2D eigenvalue weighted by Gasteiger charge is -2.34. The van der Waals surface area contributed by atoms with Crippen LogP contribution in [0.25, 0.3) is 0 Å². The summed E-state index contributed by atoms with van der Waals surface area (Å²) in [5.41, 5.74) is 1.17. The second-order valence-electron chi connectivity index (χ2n) is 7.45. The van der Waals surface area contributed by atoms with Crippen LogP contribution in [0.5, 0.6) is 5.75 Å². The van der Waals surface area contributed by atoms with Crippen molar-refractivity contribution >= 4 is 23.2 Å². The molecule has 1 aromatic carbocycles. The van der Waals surface area contributed by atoms with E-state index in [2.05, 4.69) is 29.4 Å². The number of carbonyl (C=O) groups excluding carboxylic acids is 2. The van der Waals surface area contributed by atoms with Crippen molar-refractivity contribution in [1.29, 1.82) is 0 Å². The van der Waals surface area contributed by atoms with E-state index in [0.717, 1.165) is 25.9 Å². The first-order valence-electron chi connectivity index (χ1n) is 9.35. The summed E-state index contributed by atoms with van der Waals surface area (Å²) in [6.45, 7) is 9.90. The Morgan fingerprint density at radius 3 is 2.27 bits per heavy atom. The summed E-state index contributed by atoms with van der Waals surface area (Å²) >= 11 is 0. The number of benzene rings is 1. The molecule has 0 unspecified atom stereocenters. The van der Waals surface area contributed by atoms with Gasteiger partial charge >= 0.3 is 0 Å². The van der Waals surface area contributed by atoms with Crippen molar-refractivity contribution in [2.75, 3.05) is 30.8 Å². The number of hydrogen-bond donors (Lipinski definition) is 2. The highest BCUT2D eigenvalue weighted by Crippen LogP contribution is 2.29. The van der Waals surface area contributed by atoms with Gasteiger partial charge in [0.2, 0.25) is 11.8 Å². The topological polar surface area (TPSA) is 70.7 Å². The second kappa shape index (κ2) is 9.03. The van der Waals surface area contributed by atoms with Crippen molar-refractivity contribution in [3.05, 3.63) is 18.2 Å². The Morgan fingerprint density at radius 2 is 1.73 bits per heavy atom. The molecule has 2 rings (SSSR count). The van der Waals surface area contributed by atoms with Crippen LogP contribution in [0.1, 0.15) is 40.5 Å². The molecular weight excluding hydrogens is 330 g/mol. The lowest BCUT2D eigenvalue weighted by atomic mass is 9.95. The van der Waals surface area contributed by atoms with Gasteiger partial charge in [0, 0.05) is 23.9 Å². The lowest BCUT2D eigenvalue weighted by Crippen LogP contribution is -2.41. The number of carbonyl (C=O) groups is 2. The highest BCUT2D eigenvalue weighted by molar-refractivity contribution is 6.01. The Morgan fingerprint density at radius 1 is 1.08 bits per heavy atom. The van der Waals surface area contributed by atoms with Gasteiger partial charge in [0.15, 0.2) is 0 Å². The number of hydrogen-bond acceptors (Lipinski definition) is 4. The van der Waals surface area contributed by atoms with E-state index >= 15 is 0 Å². The Labute approximate surface area is 156 Å². The number of likely N-dealkylation sites (tertiary alicyclic amines) is 1. The van der Waals surface area contributed by atoms with Crippen LogP contribution in [-0.4, -0.2) is 43.0 Å². The molecule has 1 fully saturated rings. The van der Waals surface area contributed by atoms with Crippen LogP contribution in [0, 0.1) is 11.8 Å². The molecule has 0 bridgehead atoms. The number of methoxy groups -OCH3 is 1. The SMILES string of the molecule is COc1ccc(NC(=O)C(C)C)c(NC(=O)C2CCN(C(C)C)CC2)c1. The van der Waals surface area contributed by atoms with E-state index < -0.39 is 0 Å². The minimum Gasteiger partial charge on any atom is -0.497 e. The van der Waals surface area contributed by atoms with Crippen LogP contribution >= 0.6 is 0 Å². The maximum atomic E-state index is 12.7. The molecule has 0 aliphatic carbocycles. The van der Waals surface area contributed by atoms with E-state index in [1.54, 1.807) is 25.3 Å². The van der Waals surface area contributed by atoms with Crippen molar-refractivity contribution < 1.29 is 14.3 Å². The van der Waals surface area contributed by atoms with Gasteiger partial charge in [0.1, 0.15) is 5.75 Å². The third-order valence-corrected chi connectivity index (χ3v) is 4.90. The van der Waals surface area contributed by atoms with E-state index in [-0.39, 0.29) is 23.7 Å². The zero-order valence-electron chi connectivity index (χ0n) is 16.5. The molecule has 1 aromatic rings. The third kappa shape index (κ3) is 5.21. The largest absolute Gasteiger partial charge is 0.497 e. The van der Waals surface area contributed by atoms with Crippen LogP contribution in [0.4, 0.5) is 11.4 Å². The molecule has 6 nitrogen and oxygen atoms in total. The number of piperidine rings is 1. The van der Waals surface area contributed by atoms with Gasteiger partial charge in [0.05, 0.1) is 18.5 Å². The average Bonchev–Trinajstić information content (AvgIpc) is 2.62. The summed E-state index contributed by atoms with van der Waals surface area (Å²) in [4.78, 5) is 27.2. The Balaban J connectivity index is 2.09. The summed E-state index contributed by atoms with van der Waals surface area (Å²) < 4.78 is 5.26. The van der Waals surface area contributed by atoms with Gasteiger partial charge in [-0.25, -0.2) is 0 Å². The molecule has 1 aliphatic heterocycles. The zero-order chi connectivity index (χ0) is 19.3. The Hall–Kier alpha value is -2.08. The number of rotatable bonds is 6. The van der Waals surface area contributed by atoms with Crippen molar-refractivity contribution in [2.45, 2.75) is 46.6 Å². The zero-order valence-corrected chi connectivity index (χ0v) is 16.5. The van der Waals surface area contributed by atoms with Crippen molar-refractivity contribution in [3.8, 4) is 5.75 Å². The molecule has 1 aliphatic rings. The predicted octanol–water partition coefficient (Wildman–Crippen LogP) is 3.35. The van der Waals surface area contributed by atoms with Gasteiger partial charge in [-0.05, 0) is 51.9 Å². The van der Waals surface area contributed by atoms with Gasteiger partial charge in [-0.2, -0.15) is 0 Å². The molecule has 6 heteroatoms. The van der Waals surface area contributed by atoms with Crippen molar-refractivity contribution in [1.82, 2.24) is 4.90 Å². The van der Waals surface area contributed by atoms with Crippen LogP contribution in [0.3, 0.4) is 0 Å². The molecule has 0 atom stereocenters. The summed E-state index contributed by atoms with van der Waals surface area (Å²) in [5.74, 6) is 0.404. The molecule has 144 valence electrons. The van der Waals surface area contributed by atoms with Crippen LogP contribution in [0.2, 0.25) is 0 Å². The molecule has 1 heterocycles. The fraction of sp³-hybridized carbons (Fsp3) is 0.600. The van der Waals surface area contributed by atoms with E-state index in [4.69, 9.17) is 4.74 Å². The fourth-order valence-electron chi connectivity index (χ4n) is 3.05. The quantitative estimate of drug-likeness (QED) is 0.815. The molecule has 26 heavy (non-hydrogen) atoms. The van der Waals surface area contributed by atoms with Crippen LogP contribution < -0.4 is 15.4 Å². The first-order valence-corrected chi connectivity index (χ1v) is 9.35. The van der Waals surface area contributed by atoms with E-state index in [9.17, 15) is 9.59 Å². The summed E-state index contributed by atoms with van der Waals surface area (Å²) in [7, 11) is 1.58. The lowest BCUT2D eigenvalue weighted by molar-refractivity contribution is -0.121. The molecule has 0 spiro atoms. The molecule has 0 saturated carbocycles. The van der Waals surface area contributed by atoms with Gasteiger partial charge in [-0.15, -0.1) is 0 Å². The van der Waals surface area contributed by atoms with E-state index in [1.807, 2.05) is 13.8 Å². The fourth-order valence-corrected chi connectivity index (χ4v) is 3.05. The van der Waals surface area contributed by atoms with Gasteiger partial charge in [0.25, 0.3) is 0 Å². The maximum Gasteiger partial charge on any atom is 0.227 e. The second-order valence-corrected chi connectivity index (χ2v) is 7.45. The average molecular weight is 361 g/mol. The van der Waals surface area contributed by atoms with Gasteiger partial charge < -0.3 is 20.3 Å². The molecule has 2 N–H and O–H groups in total. The van der Waals surface area contributed by atoms with E-state index in [0.29, 0.717) is 23.2 Å². The summed E-state index contributed by atoms with van der Waals surface area (Å²) in [6, 6.07) is 5.79. The third-order valence-electron chi connectivity index (χ3n) is 4.90. The van der Waals surface area contributed by atoms with Crippen LogP contribution in [-0.2, 0) is 9.59 Å². The minimum atomic E-state index is -0.138. The smallest absolute Gasteiger partial charge is 0.227 e. The van der Waals surface area contributed by atoms with Gasteiger partial charge in [-0.3, -0.25) is 9.59 Å².